The van der Waals surface area contributed by atoms with E-state index in [0.29, 0.717) is 21.7 Å². The summed E-state index contributed by atoms with van der Waals surface area (Å²) in [5.41, 5.74) is 2.30. The number of nitrogens with zero attached hydrogens (tertiary/aromatic N) is 2. The number of benzene rings is 2. The van der Waals surface area contributed by atoms with E-state index in [-0.39, 0.29) is 17.1 Å². The molecule has 6 nitrogen and oxygen atoms in total. The van der Waals surface area contributed by atoms with Crippen LogP contribution in [-0.2, 0) is 14.6 Å². The number of aryl methyl sites for hydroxylation is 1. The average molecular weight is 396 g/mol. The number of fused-ring (bicyclic) bond motifs is 1. The van der Waals surface area contributed by atoms with Crippen LogP contribution < -0.4 is 5.32 Å². The van der Waals surface area contributed by atoms with Gasteiger partial charge in [-0.25, -0.2) is 8.42 Å². The van der Waals surface area contributed by atoms with E-state index < -0.39 is 15.7 Å². The molecule has 1 heterocycles. The van der Waals surface area contributed by atoms with Crippen LogP contribution in [0.3, 0.4) is 0 Å². The monoisotopic (exact) mass is 395 g/mol. The predicted molar refractivity (Wildman–Crippen MR) is 98.9 cm³/mol. The minimum absolute atomic E-state index is 0.0971. The van der Waals surface area contributed by atoms with Crippen molar-refractivity contribution in [2.24, 2.45) is 0 Å². The summed E-state index contributed by atoms with van der Waals surface area (Å²) in [6, 6.07) is 10.0. The van der Waals surface area contributed by atoms with Crippen molar-refractivity contribution in [2.75, 3.05) is 11.1 Å². The maximum Gasteiger partial charge on any atom is 0.225 e. The summed E-state index contributed by atoms with van der Waals surface area (Å²) in [6.45, 7) is 1.89. The Balaban J connectivity index is 1.72. The number of aromatic nitrogens is 2. The Morgan fingerprint density at radius 3 is 2.80 bits per heavy atom. The van der Waals surface area contributed by atoms with Crippen LogP contribution in [0.2, 0.25) is 5.02 Å². The molecule has 0 bridgehead atoms. The first kappa shape index (κ1) is 17.8. The summed E-state index contributed by atoms with van der Waals surface area (Å²) >= 11 is 7.02. The summed E-state index contributed by atoms with van der Waals surface area (Å²) in [5.74, 6) is -0.739. The van der Waals surface area contributed by atoms with Gasteiger partial charge in [0.25, 0.3) is 0 Å². The highest BCUT2D eigenvalue weighted by Crippen LogP contribution is 2.24. The molecular formula is C16H14ClN3O3S2. The van der Waals surface area contributed by atoms with Crippen LogP contribution in [-0.4, -0.2) is 28.8 Å². The molecule has 1 N–H and O–H groups in total. The Morgan fingerprint density at radius 2 is 2.04 bits per heavy atom. The molecule has 0 aliphatic rings. The van der Waals surface area contributed by atoms with E-state index in [1.165, 1.54) is 6.07 Å². The number of hydrogen-bond donors (Lipinski definition) is 1. The van der Waals surface area contributed by atoms with Crippen LogP contribution in [0.25, 0.3) is 11.0 Å². The van der Waals surface area contributed by atoms with Gasteiger partial charge in [-0.05, 0) is 36.8 Å². The molecule has 0 radical (unpaired) electrons. The molecule has 25 heavy (non-hydrogen) atoms. The summed E-state index contributed by atoms with van der Waals surface area (Å²) in [7, 11) is -3.65. The lowest BCUT2D eigenvalue weighted by Crippen LogP contribution is -2.17. The lowest BCUT2D eigenvalue weighted by Gasteiger charge is -2.08. The number of anilines is 1. The van der Waals surface area contributed by atoms with Gasteiger partial charge in [-0.3, -0.25) is 4.79 Å². The molecular weight excluding hydrogens is 382 g/mol. The van der Waals surface area contributed by atoms with Crippen molar-refractivity contribution in [1.82, 2.24) is 8.75 Å². The van der Waals surface area contributed by atoms with Crippen molar-refractivity contribution in [1.29, 1.82) is 0 Å². The molecule has 0 aliphatic heterocycles. The minimum atomic E-state index is -3.65. The lowest BCUT2D eigenvalue weighted by molar-refractivity contribution is -0.115. The first-order valence-corrected chi connectivity index (χ1v) is 10.1. The number of halogens is 1. The van der Waals surface area contributed by atoms with Crippen LogP contribution in [0, 0.1) is 6.92 Å². The van der Waals surface area contributed by atoms with Crippen LogP contribution in [0.4, 0.5) is 5.69 Å². The predicted octanol–water partition coefficient (Wildman–Crippen LogP) is 3.46. The Labute approximate surface area is 154 Å². The zero-order chi connectivity index (χ0) is 18.0. The van der Waals surface area contributed by atoms with E-state index in [0.717, 1.165) is 17.3 Å². The molecule has 1 amide bonds. The summed E-state index contributed by atoms with van der Waals surface area (Å²) in [4.78, 5) is 12.2. The fourth-order valence-corrected chi connectivity index (χ4v) is 4.60. The van der Waals surface area contributed by atoms with Crippen molar-refractivity contribution in [3.8, 4) is 0 Å². The highest BCUT2D eigenvalue weighted by Gasteiger charge is 2.21. The number of nitrogens with one attached hydrogen (secondary N) is 1. The van der Waals surface area contributed by atoms with E-state index in [1.807, 2.05) is 13.0 Å². The summed E-state index contributed by atoms with van der Waals surface area (Å²) < 4.78 is 33.2. The molecule has 0 fully saturated rings. The quantitative estimate of drug-likeness (QED) is 0.714. The molecule has 130 valence electrons. The molecule has 0 saturated carbocycles. The zero-order valence-electron chi connectivity index (χ0n) is 13.2. The van der Waals surface area contributed by atoms with Crippen LogP contribution in [0.1, 0.15) is 12.0 Å². The second kappa shape index (κ2) is 7.07. The molecule has 0 aliphatic carbocycles. The van der Waals surface area contributed by atoms with Crippen LogP contribution in [0.15, 0.2) is 41.3 Å². The van der Waals surface area contributed by atoms with Gasteiger partial charge in [-0.2, -0.15) is 8.75 Å². The van der Waals surface area contributed by atoms with Crippen molar-refractivity contribution < 1.29 is 13.2 Å². The Hall–Kier alpha value is -2.03. The van der Waals surface area contributed by atoms with Gasteiger partial charge < -0.3 is 5.32 Å². The van der Waals surface area contributed by atoms with Gasteiger partial charge >= 0.3 is 0 Å². The molecule has 2 aromatic carbocycles. The third-order valence-electron chi connectivity index (χ3n) is 3.58. The maximum atomic E-state index is 12.5. The van der Waals surface area contributed by atoms with Gasteiger partial charge in [-0.1, -0.05) is 23.7 Å². The largest absolute Gasteiger partial charge is 0.325 e. The van der Waals surface area contributed by atoms with Gasteiger partial charge in [0.2, 0.25) is 5.91 Å². The molecule has 3 aromatic rings. The number of sulfone groups is 1. The number of rotatable bonds is 5. The highest BCUT2D eigenvalue weighted by atomic mass is 35.5. The zero-order valence-corrected chi connectivity index (χ0v) is 15.6. The molecule has 1 aromatic heterocycles. The molecule has 3 rings (SSSR count). The molecule has 0 spiro atoms. The smallest absolute Gasteiger partial charge is 0.225 e. The van der Waals surface area contributed by atoms with Gasteiger partial charge in [0.1, 0.15) is 11.0 Å². The number of amides is 1. The fourth-order valence-electron chi connectivity index (χ4n) is 2.30. The standard InChI is InChI=1S/C16H14ClN3O3S2/c1-10-5-6-12(11(17)9-10)18-15(21)7-8-25(22,23)14-4-2-3-13-16(14)20-24-19-13/h2-6,9H,7-8H2,1H3,(H,18,21). The summed E-state index contributed by atoms with van der Waals surface area (Å²) in [5, 5.41) is 3.04. The number of carbonyl (C=O) groups is 1. The first-order valence-electron chi connectivity index (χ1n) is 7.37. The number of hydrogen-bond acceptors (Lipinski definition) is 6. The topological polar surface area (TPSA) is 89.0 Å². The van der Waals surface area contributed by atoms with Crippen LogP contribution in [0.5, 0.6) is 0 Å². The van der Waals surface area contributed by atoms with Crippen molar-refractivity contribution in [3.05, 3.63) is 47.0 Å². The van der Waals surface area contributed by atoms with Crippen molar-refractivity contribution in [3.63, 3.8) is 0 Å². The third kappa shape index (κ3) is 3.97. The van der Waals surface area contributed by atoms with E-state index in [4.69, 9.17) is 11.6 Å². The van der Waals surface area contributed by atoms with E-state index >= 15 is 0 Å². The SMILES string of the molecule is Cc1ccc(NC(=O)CCS(=O)(=O)c2cccc3nsnc23)c(Cl)c1. The van der Waals surface area contributed by atoms with Crippen LogP contribution >= 0.6 is 23.3 Å². The fraction of sp³-hybridized carbons (Fsp3) is 0.188. The average Bonchev–Trinajstić information content (AvgIpc) is 3.04. The minimum Gasteiger partial charge on any atom is -0.325 e. The van der Waals surface area contributed by atoms with Gasteiger partial charge in [0.05, 0.1) is 33.1 Å². The Kier molecular flexibility index (Phi) is 5.03. The van der Waals surface area contributed by atoms with Gasteiger partial charge in [0.15, 0.2) is 9.84 Å². The Morgan fingerprint density at radius 1 is 1.24 bits per heavy atom. The second-order valence-electron chi connectivity index (χ2n) is 5.49. The molecule has 0 unspecified atom stereocenters. The highest BCUT2D eigenvalue weighted by molar-refractivity contribution is 7.91. The van der Waals surface area contributed by atoms with E-state index in [2.05, 4.69) is 14.1 Å². The van der Waals surface area contributed by atoms with Crippen molar-refractivity contribution in [2.45, 2.75) is 18.2 Å². The summed E-state index contributed by atoms with van der Waals surface area (Å²) in [6.07, 6.45) is -0.180. The van der Waals surface area contributed by atoms with E-state index in [1.54, 1.807) is 24.3 Å². The number of carbonyl (C=O) groups excluding carboxylic acids is 1. The molecule has 0 saturated heterocycles. The maximum absolute atomic E-state index is 12.5. The van der Waals surface area contributed by atoms with Gasteiger partial charge in [0, 0.05) is 6.42 Å². The van der Waals surface area contributed by atoms with E-state index in [9.17, 15) is 13.2 Å². The second-order valence-corrected chi connectivity index (χ2v) is 8.50. The lowest BCUT2D eigenvalue weighted by atomic mass is 10.2. The first-order chi connectivity index (χ1) is 11.9. The molecule has 0 atom stereocenters. The molecule has 9 heteroatoms. The third-order valence-corrected chi connectivity index (χ3v) is 6.18. The van der Waals surface area contributed by atoms with Crippen molar-refractivity contribution >= 4 is 55.8 Å². The Bertz CT molecular complexity index is 1050. The normalized spacial score (nSPS) is 11.6. The van der Waals surface area contributed by atoms with Gasteiger partial charge in [-0.15, -0.1) is 0 Å².